The maximum absolute atomic E-state index is 13.5. The predicted molar refractivity (Wildman–Crippen MR) is 57.7 cm³/mol. The van der Waals surface area contributed by atoms with Gasteiger partial charge in [0.05, 0.1) is 11.3 Å². The average Bonchev–Trinajstić information content (AvgIpc) is 2.61. The van der Waals surface area contributed by atoms with Crippen LogP contribution in [0.3, 0.4) is 0 Å². The van der Waals surface area contributed by atoms with Crippen molar-refractivity contribution in [1.82, 2.24) is 4.57 Å². The van der Waals surface area contributed by atoms with Crippen molar-refractivity contribution in [3.8, 4) is 11.3 Å². The van der Waals surface area contributed by atoms with Gasteiger partial charge in [0, 0.05) is 7.05 Å². The molecule has 17 heavy (non-hydrogen) atoms. The highest BCUT2D eigenvalue weighted by atomic mass is 19.1. The third-order valence-electron chi connectivity index (χ3n) is 2.56. The molecule has 0 saturated heterocycles. The number of carboxylic acid groups (broad SMARTS) is 1. The van der Waals surface area contributed by atoms with E-state index in [1.54, 1.807) is 0 Å². The molecule has 0 fully saturated rings. The van der Waals surface area contributed by atoms with E-state index in [2.05, 4.69) is 0 Å². The lowest BCUT2D eigenvalue weighted by Crippen LogP contribution is -2.06. The van der Waals surface area contributed by atoms with Crippen molar-refractivity contribution in [2.45, 2.75) is 0 Å². The molecule has 0 aliphatic rings. The van der Waals surface area contributed by atoms with Crippen LogP contribution in [0, 0.1) is 11.6 Å². The number of carbonyl (C=O) groups is 1. The normalized spacial score (nSPS) is 10.5. The van der Waals surface area contributed by atoms with Gasteiger partial charge in [-0.2, -0.15) is 0 Å². The second kappa shape index (κ2) is 4.01. The van der Waals surface area contributed by atoms with Crippen LogP contribution in [0.5, 0.6) is 0 Å². The summed E-state index contributed by atoms with van der Waals surface area (Å²) in [6.07, 6.45) is 0. The molecule has 1 N–H and O–H groups in total. The monoisotopic (exact) mass is 237 g/mol. The second-order valence-electron chi connectivity index (χ2n) is 3.56. The maximum Gasteiger partial charge on any atom is 0.352 e. The summed E-state index contributed by atoms with van der Waals surface area (Å²) in [6, 6.07) is 6.21. The summed E-state index contributed by atoms with van der Waals surface area (Å²) < 4.78 is 28.3. The van der Waals surface area contributed by atoms with Crippen LogP contribution in [0.1, 0.15) is 10.5 Å². The van der Waals surface area contributed by atoms with E-state index in [0.29, 0.717) is 0 Å². The Labute approximate surface area is 95.9 Å². The van der Waals surface area contributed by atoms with Gasteiger partial charge in [0.25, 0.3) is 0 Å². The first kappa shape index (κ1) is 11.3. The molecule has 0 radical (unpaired) electrons. The van der Waals surface area contributed by atoms with Gasteiger partial charge in [0.1, 0.15) is 17.3 Å². The topological polar surface area (TPSA) is 42.2 Å². The van der Waals surface area contributed by atoms with Gasteiger partial charge in [0.2, 0.25) is 0 Å². The van der Waals surface area contributed by atoms with Crippen molar-refractivity contribution in [2.24, 2.45) is 7.05 Å². The van der Waals surface area contributed by atoms with Crippen LogP contribution in [-0.2, 0) is 7.05 Å². The van der Waals surface area contributed by atoms with Crippen LogP contribution in [0.25, 0.3) is 11.3 Å². The van der Waals surface area contributed by atoms with E-state index in [-0.39, 0.29) is 17.0 Å². The largest absolute Gasteiger partial charge is 0.477 e. The van der Waals surface area contributed by atoms with Gasteiger partial charge in [0.15, 0.2) is 0 Å². The maximum atomic E-state index is 13.5. The zero-order valence-corrected chi connectivity index (χ0v) is 8.95. The van der Waals surface area contributed by atoms with Crippen molar-refractivity contribution in [1.29, 1.82) is 0 Å². The lowest BCUT2D eigenvalue weighted by atomic mass is 10.1. The summed E-state index contributed by atoms with van der Waals surface area (Å²) in [6.45, 7) is 0. The number of aromatic nitrogens is 1. The number of hydrogen-bond acceptors (Lipinski definition) is 1. The molecular weight excluding hydrogens is 228 g/mol. The summed E-state index contributed by atoms with van der Waals surface area (Å²) in [4.78, 5) is 10.8. The Morgan fingerprint density at radius 1 is 1.18 bits per heavy atom. The molecule has 0 atom stereocenters. The van der Waals surface area contributed by atoms with Gasteiger partial charge < -0.3 is 9.67 Å². The second-order valence-corrected chi connectivity index (χ2v) is 3.56. The number of carboxylic acids is 1. The van der Waals surface area contributed by atoms with E-state index < -0.39 is 17.6 Å². The fourth-order valence-electron chi connectivity index (χ4n) is 1.72. The highest BCUT2D eigenvalue weighted by Crippen LogP contribution is 2.27. The zero-order valence-electron chi connectivity index (χ0n) is 8.95. The average molecular weight is 237 g/mol. The fraction of sp³-hybridized carbons (Fsp3) is 0.0833. The van der Waals surface area contributed by atoms with Crippen LogP contribution in [0.4, 0.5) is 8.78 Å². The van der Waals surface area contributed by atoms with Crippen molar-refractivity contribution < 1.29 is 18.7 Å². The van der Waals surface area contributed by atoms with Gasteiger partial charge in [-0.1, -0.05) is 6.07 Å². The summed E-state index contributed by atoms with van der Waals surface area (Å²) in [5, 5.41) is 8.86. The van der Waals surface area contributed by atoms with E-state index in [0.717, 1.165) is 12.1 Å². The first-order valence-corrected chi connectivity index (χ1v) is 4.85. The molecule has 88 valence electrons. The summed E-state index contributed by atoms with van der Waals surface area (Å²) in [5.41, 5.74) is -0.0526. The van der Waals surface area contributed by atoms with Crippen LogP contribution in [-0.4, -0.2) is 15.6 Å². The number of benzene rings is 1. The van der Waals surface area contributed by atoms with Gasteiger partial charge in [-0.15, -0.1) is 0 Å². The lowest BCUT2D eigenvalue weighted by Gasteiger charge is -2.07. The van der Waals surface area contributed by atoms with E-state index in [1.807, 2.05) is 0 Å². The number of hydrogen-bond donors (Lipinski definition) is 1. The smallest absolute Gasteiger partial charge is 0.352 e. The van der Waals surface area contributed by atoms with Crippen LogP contribution in [0.2, 0.25) is 0 Å². The van der Waals surface area contributed by atoms with Gasteiger partial charge in [-0.05, 0) is 24.3 Å². The van der Waals surface area contributed by atoms with Crippen molar-refractivity contribution in [3.05, 3.63) is 47.7 Å². The molecule has 1 aromatic carbocycles. The Balaban J connectivity index is 2.66. The Bertz CT molecular complexity index is 570. The van der Waals surface area contributed by atoms with Crippen LogP contribution in [0.15, 0.2) is 30.3 Å². The molecule has 1 aromatic heterocycles. The number of aromatic carboxylic acids is 1. The fourth-order valence-corrected chi connectivity index (χ4v) is 1.72. The number of rotatable bonds is 2. The Hall–Kier alpha value is -2.17. The molecule has 0 aliphatic heterocycles. The molecule has 2 aromatic rings. The summed E-state index contributed by atoms with van der Waals surface area (Å²) in [5.74, 6) is -2.58. The molecule has 0 bridgehead atoms. The molecular formula is C12H9F2NO2. The predicted octanol–water partition coefficient (Wildman–Crippen LogP) is 2.67. The van der Waals surface area contributed by atoms with Crippen molar-refractivity contribution in [2.75, 3.05) is 0 Å². The minimum atomic E-state index is -1.14. The molecule has 1 heterocycles. The molecule has 0 saturated carbocycles. The molecule has 0 aliphatic carbocycles. The molecule has 2 rings (SSSR count). The van der Waals surface area contributed by atoms with Gasteiger partial charge >= 0.3 is 5.97 Å². The Kier molecular flexibility index (Phi) is 2.67. The quantitative estimate of drug-likeness (QED) is 0.872. The Morgan fingerprint density at radius 3 is 2.24 bits per heavy atom. The minimum absolute atomic E-state index is 0.0253. The minimum Gasteiger partial charge on any atom is -0.477 e. The van der Waals surface area contributed by atoms with Gasteiger partial charge in [-0.25, -0.2) is 13.6 Å². The molecule has 3 nitrogen and oxygen atoms in total. The highest BCUT2D eigenvalue weighted by molar-refractivity contribution is 5.87. The zero-order chi connectivity index (χ0) is 12.6. The Morgan fingerprint density at radius 2 is 1.76 bits per heavy atom. The summed E-state index contributed by atoms with van der Waals surface area (Å²) in [7, 11) is 1.45. The first-order valence-electron chi connectivity index (χ1n) is 4.85. The molecule has 0 amide bonds. The van der Waals surface area contributed by atoms with E-state index in [9.17, 15) is 13.6 Å². The molecule has 0 unspecified atom stereocenters. The molecule has 0 spiro atoms. The van der Waals surface area contributed by atoms with E-state index in [1.165, 1.54) is 29.8 Å². The van der Waals surface area contributed by atoms with Crippen LogP contribution < -0.4 is 0 Å². The third kappa shape index (κ3) is 1.80. The van der Waals surface area contributed by atoms with Gasteiger partial charge in [-0.3, -0.25) is 0 Å². The summed E-state index contributed by atoms with van der Waals surface area (Å²) >= 11 is 0. The van der Waals surface area contributed by atoms with E-state index >= 15 is 0 Å². The van der Waals surface area contributed by atoms with Crippen molar-refractivity contribution >= 4 is 5.97 Å². The highest BCUT2D eigenvalue weighted by Gasteiger charge is 2.17. The SMILES string of the molecule is Cn1c(C(=O)O)ccc1-c1c(F)cccc1F. The first-order chi connectivity index (χ1) is 8.02. The standard InChI is InChI=1S/C12H9F2NO2/c1-15-9(5-6-10(15)12(16)17)11-7(13)3-2-4-8(11)14/h2-6H,1H3,(H,16,17). The van der Waals surface area contributed by atoms with Crippen molar-refractivity contribution in [3.63, 3.8) is 0 Å². The number of halogens is 2. The van der Waals surface area contributed by atoms with E-state index in [4.69, 9.17) is 5.11 Å². The third-order valence-corrected chi connectivity index (χ3v) is 2.56. The van der Waals surface area contributed by atoms with Crippen LogP contribution >= 0.6 is 0 Å². The lowest BCUT2D eigenvalue weighted by molar-refractivity contribution is 0.0686. The molecule has 5 heteroatoms. The number of nitrogens with zero attached hydrogens (tertiary/aromatic N) is 1.